The lowest BCUT2D eigenvalue weighted by atomic mass is 9.99. The number of likely N-dealkylation sites (tertiary alicyclic amines) is 1. The number of thiophene rings is 1. The zero-order valence-corrected chi connectivity index (χ0v) is 18.5. The molecule has 5 rings (SSSR count). The van der Waals surface area contributed by atoms with E-state index in [1.807, 2.05) is 58.7 Å². The monoisotopic (exact) mass is 432 g/mol. The first-order valence-electron chi connectivity index (χ1n) is 11.1. The normalized spacial score (nSPS) is 17.4. The third-order valence-corrected chi connectivity index (χ3v) is 7.52. The summed E-state index contributed by atoms with van der Waals surface area (Å²) in [5, 5.41) is 2.21. The van der Waals surface area contributed by atoms with Crippen molar-refractivity contribution in [1.29, 1.82) is 0 Å². The number of carbonyl (C=O) groups is 1. The number of piperidine rings is 1. The Balaban J connectivity index is 1.09. The lowest BCUT2D eigenvalue weighted by molar-refractivity contribution is -0.135. The van der Waals surface area contributed by atoms with Crippen LogP contribution in [0.4, 0.5) is 0 Å². The van der Waals surface area contributed by atoms with E-state index in [0.29, 0.717) is 6.04 Å². The van der Waals surface area contributed by atoms with Crippen LogP contribution in [0.3, 0.4) is 0 Å². The highest BCUT2D eigenvalue weighted by atomic mass is 32.1. The molecule has 1 saturated heterocycles. The van der Waals surface area contributed by atoms with Crippen molar-refractivity contribution in [1.82, 2.24) is 9.80 Å². The molecule has 2 aliphatic heterocycles. The van der Waals surface area contributed by atoms with Crippen molar-refractivity contribution < 1.29 is 9.53 Å². The van der Waals surface area contributed by atoms with Gasteiger partial charge in [-0.1, -0.05) is 42.5 Å². The quantitative estimate of drug-likeness (QED) is 0.578. The highest BCUT2D eigenvalue weighted by molar-refractivity contribution is 7.10. The SMILES string of the molecule is O=C(COc1ccc(-c2ccccc2)cc1)N1CCC(N2CCc3sccc3C2)CC1. The van der Waals surface area contributed by atoms with Gasteiger partial charge in [0.25, 0.3) is 5.91 Å². The summed E-state index contributed by atoms with van der Waals surface area (Å²) in [4.78, 5) is 18.8. The number of rotatable bonds is 5. The van der Waals surface area contributed by atoms with Gasteiger partial charge in [-0.3, -0.25) is 9.69 Å². The Morgan fingerprint density at radius 1 is 0.935 bits per heavy atom. The molecule has 0 radical (unpaired) electrons. The number of amides is 1. The first kappa shape index (κ1) is 20.3. The van der Waals surface area contributed by atoms with E-state index in [0.717, 1.165) is 50.3 Å². The Labute approximate surface area is 188 Å². The summed E-state index contributed by atoms with van der Waals surface area (Å²) in [6, 6.07) is 21.1. The van der Waals surface area contributed by atoms with E-state index >= 15 is 0 Å². The van der Waals surface area contributed by atoms with Crippen LogP contribution in [0, 0.1) is 0 Å². The fourth-order valence-corrected chi connectivity index (χ4v) is 5.56. The molecular weight excluding hydrogens is 404 g/mol. The topological polar surface area (TPSA) is 32.8 Å². The van der Waals surface area contributed by atoms with E-state index in [-0.39, 0.29) is 12.5 Å². The van der Waals surface area contributed by atoms with Gasteiger partial charge in [0.1, 0.15) is 5.75 Å². The van der Waals surface area contributed by atoms with E-state index in [9.17, 15) is 4.79 Å². The van der Waals surface area contributed by atoms with Gasteiger partial charge in [-0.05, 0) is 59.5 Å². The fraction of sp³-hybridized carbons (Fsp3) is 0.346. The molecule has 1 fully saturated rings. The molecule has 3 heterocycles. The predicted molar refractivity (Wildman–Crippen MR) is 125 cm³/mol. The molecule has 0 N–H and O–H groups in total. The van der Waals surface area contributed by atoms with Crippen LogP contribution in [0.15, 0.2) is 66.0 Å². The van der Waals surface area contributed by atoms with Crippen LogP contribution in [-0.2, 0) is 17.8 Å². The number of benzene rings is 2. The van der Waals surface area contributed by atoms with Crippen LogP contribution < -0.4 is 4.74 Å². The maximum Gasteiger partial charge on any atom is 0.260 e. The van der Waals surface area contributed by atoms with Crippen molar-refractivity contribution in [3.05, 3.63) is 76.5 Å². The Morgan fingerprint density at radius 2 is 1.68 bits per heavy atom. The van der Waals surface area contributed by atoms with Crippen molar-refractivity contribution in [3.63, 3.8) is 0 Å². The van der Waals surface area contributed by atoms with Crippen LogP contribution >= 0.6 is 11.3 Å². The van der Waals surface area contributed by atoms with Crippen LogP contribution in [0.2, 0.25) is 0 Å². The fourth-order valence-electron chi connectivity index (χ4n) is 4.67. The number of carbonyl (C=O) groups excluding carboxylic acids is 1. The molecule has 0 unspecified atom stereocenters. The molecule has 1 aromatic heterocycles. The lowest BCUT2D eigenvalue weighted by Gasteiger charge is -2.40. The molecule has 160 valence electrons. The van der Waals surface area contributed by atoms with E-state index in [2.05, 4.69) is 28.5 Å². The van der Waals surface area contributed by atoms with Gasteiger partial charge < -0.3 is 9.64 Å². The van der Waals surface area contributed by atoms with Crippen molar-refractivity contribution in [3.8, 4) is 16.9 Å². The summed E-state index contributed by atoms with van der Waals surface area (Å²) >= 11 is 1.89. The molecule has 4 nitrogen and oxygen atoms in total. The zero-order valence-electron chi connectivity index (χ0n) is 17.7. The number of fused-ring (bicyclic) bond motifs is 1. The minimum atomic E-state index is 0.0874. The maximum atomic E-state index is 12.7. The second kappa shape index (κ2) is 9.25. The summed E-state index contributed by atoms with van der Waals surface area (Å²) in [5.41, 5.74) is 3.83. The molecule has 3 aromatic rings. The lowest BCUT2D eigenvalue weighted by Crippen LogP contribution is -2.48. The van der Waals surface area contributed by atoms with Crippen LogP contribution in [0.25, 0.3) is 11.1 Å². The molecule has 0 bridgehead atoms. The van der Waals surface area contributed by atoms with E-state index in [4.69, 9.17) is 4.74 Å². The van der Waals surface area contributed by atoms with Crippen LogP contribution in [0.1, 0.15) is 23.3 Å². The largest absolute Gasteiger partial charge is 0.484 e. The van der Waals surface area contributed by atoms with E-state index < -0.39 is 0 Å². The molecule has 2 aromatic carbocycles. The first-order valence-corrected chi connectivity index (χ1v) is 12.0. The zero-order chi connectivity index (χ0) is 21.0. The Morgan fingerprint density at radius 3 is 2.45 bits per heavy atom. The smallest absolute Gasteiger partial charge is 0.260 e. The van der Waals surface area contributed by atoms with E-state index in [1.54, 1.807) is 4.88 Å². The molecule has 0 saturated carbocycles. The number of hydrogen-bond donors (Lipinski definition) is 0. The average molecular weight is 433 g/mol. The second-order valence-electron chi connectivity index (χ2n) is 8.38. The van der Waals surface area contributed by atoms with Crippen molar-refractivity contribution in [2.45, 2.75) is 31.8 Å². The third-order valence-electron chi connectivity index (χ3n) is 6.49. The molecule has 5 heteroatoms. The highest BCUT2D eigenvalue weighted by Crippen LogP contribution is 2.28. The molecular formula is C26H28N2O2S. The Bertz CT molecular complexity index is 1010. The molecule has 31 heavy (non-hydrogen) atoms. The predicted octanol–water partition coefficient (Wildman–Crippen LogP) is 4.84. The number of nitrogens with zero attached hydrogens (tertiary/aromatic N) is 2. The minimum absolute atomic E-state index is 0.0874. The minimum Gasteiger partial charge on any atom is -0.484 e. The summed E-state index contributed by atoms with van der Waals surface area (Å²) < 4.78 is 5.78. The number of hydrogen-bond acceptors (Lipinski definition) is 4. The molecule has 0 aliphatic carbocycles. The second-order valence-corrected chi connectivity index (χ2v) is 9.38. The van der Waals surface area contributed by atoms with Crippen molar-refractivity contribution >= 4 is 17.2 Å². The molecule has 2 aliphatic rings. The van der Waals surface area contributed by atoms with Crippen molar-refractivity contribution in [2.24, 2.45) is 0 Å². The van der Waals surface area contributed by atoms with Gasteiger partial charge >= 0.3 is 0 Å². The first-order chi connectivity index (χ1) is 15.3. The number of ether oxygens (including phenoxy) is 1. The standard InChI is InChI=1S/C26H28N2O2S/c29-26(19-30-24-8-6-21(7-9-24)20-4-2-1-3-5-20)27-14-10-23(11-15-27)28-16-12-25-22(18-28)13-17-31-25/h1-9,13,17,23H,10-12,14-16,18-19H2. The van der Waals surface area contributed by atoms with E-state index in [1.165, 1.54) is 17.5 Å². The summed E-state index contributed by atoms with van der Waals surface area (Å²) in [6.45, 7) is 3.98. The van der Waals surface area contributed by atoms with Crippen LogP contribution in [0.5, 0.6) is 5.75 Å². The van der Waals surface area contributed by atoms with Gasteiger partial charge in [0.15, 0.2) is 6.61 Å². The average Bonchev–Trinajstić information content (AvgIpc) is 3.31. The summed E-state index contributed by atoms with van der Waals surface area (Å²) in [6.07, 6.45) is 3.27. The van der Waals surface area contributed by atoms with Gasteiger partial charge in [0, 0.05) is 37.1 Å². The highest BCUT2D eigenvalue weighted by Gasteiger charge is 2.29. The van der Waals surface area contributed by atoms with Gasteiger partial charge in [0.05, 0.1) is 0 Å². The van der Waals surface area contributed by atoms with Gasteiger partial charge in [0.2, 0.25) is 0 Å². The Hall–Kier alpha value is -2.63. The third kappa shape index (κ3) is 4.68. The van der Waals surface area contributed by atoms with Gasteiger partial charge in [-0.2, -0.15) is 0 Å². The summed E-state index contributed by atoms with van der Waals surface area (Å²) in [5.74, 6) is 0.826. The van der Waals surface area contributed by atoms with Crippen LogP contribution in [-0.4, -0.2) is 48.0 Å². The van der Waals surface area contributed by atoms with Crippen molar-refractivity contribution in [2.75, 3.05) is 26.2 Å². The Kier molecular flexibility index (Phi) is 6.05. The summed E-state index contributed by atoms with van der Waals surface area (Å²) in [7, 11) is 0. The molecule has 0 atom stereocenters. The van der Waals surface area contributed by atoms with Gasteiger partial charge in [-0.25, -0.2) is 0 Å². The maximum absolute atomic E-state index is 12.7. The van der Waals surface area contributed by atoms with Gasteiger partial charge in [-0.15, -0.1) is 11.3 Å². The molecule has 1 amide bonds. The molecule has 0 spiro atoms.